The van der Waals surface area contributed by atoms with Crippen LogP contribution in [0.4, 0.5) is 23.4 Å². The van der Waals surface area contributed by atoms with E-state index in [-0.39, 0.29) is 17.8 Å². The van der Waals surface area contributed by atoms with E-state index in [4.69, 9.17) is 0 Å². The Balaban J connectivity index is 1.79. The van der Waals surface area contributed by atoms with Gasteiger partial charge in [0.25, 0.3) is 0 Å². The number of halogens is 4. The predicted molar refractivity (Wildman–Crippen MR) is 92.3 cm³/mol. The average molecular weight is 377 g/mol. The number of alkyl halides is 3. The lowest BCUT2D eigenvalue weighted by Gasteiger charge is -2.13. The summed E-state index contributed by atoms with van der Waals surface area (Å²) < 4.78 is 52.2. The normalized spacial score (nSPS) is 12.6. The van der Waals surface area contributed by atoms with Crippen LogP contribution in [0.3, 0.4) is 0 Å². The Kier molecular flexibility index (Phi) is 5.36. The van der Waals surface area contributed by atoms with Crippen molar-refractivity contribution in [3.63, 3.8) is 0 Å². The van der Waals surface area contributed by atoms with Crippen LogP contribution in [0.1, 0.15) is 17.2 Å². The molecule has 140 valence electrons. The standard InChI is InChI=1S/C19H15F4N3O/c20-15-7-13(6-14(8-15)19(21,22)23)16-9-18(26-11-25-16)24-10-17(27)12-4-2-1-3-5-12/h1-9,11,17,27H,10H2,(H,24,25,26)/t17-/m0/s1. The largest absolute Gasteiger partial charge is 0.416 e. The summed E-state index contributed by atoms with van der Waals surface area (Å²) in [6, 6.07) is 12.6. The van der Waals surface area contributed by atoms with E-state index < -0.39 is 23.7 Å². The number of aliphatic hydroxyl groups is 1. The van der Waals surface area contributed by atoms with E-state index >= 15 is 0 Å². The third kappa shape index (κ3) is 4.79. The van der Waals surface area contributed by atoms with Crippen molar-refractivity contribution in [3.05, 3.63) is 77.9 Å². The molecule has 2 N–H and O–H groups in total. The number of rotatable bonds is 5. The molecule has 0 aliphatic carbocycles. The van der Waals surface area contributed by atoms with E-state index in [9.17, 15) is 22.7 Å². The lowest BCUT2D eigenvalue weighted by molar-refractivity contribution is -0.137. The number of aromatic nitrogens is 2. The zero-order valence-corrected chi connectivity index (χ0v) is 13.9. The molecule has 1 atom stereocenters. The highest BCUT2D eigenvalue weighted by Gasteiger charge is 2.31. The molecule has 3 rings (SSSR count). The minimum Gasteiger partial charge on any atom is -0.387 e. The van der Waals surface area contributed by atoms with Gasteiger partial charge >= 0.3 is 6.18 Å². The SMILES string of the molecule is O[C@@H](CNc1cc(-c2cc(F)cc(C(F)(F)F)c2)ncn1)c1ccccc1. The number of nitrogens with zero attached hydrogens (tertiary/aromatic N) is 2. The van der Waals surface area contributed by atoms with E-state index in [1.807, 2.05) is 6.07 Å². The second kappa shape index (κ2) is 7.71. The first kappa shape index (κ1) is 18.8. The van der Waals surface area contributed by atoms with Crippen LogP contribution in [0.25, 0.3) is 11.3 Å². The van der Waals surface area contributed by atoms with Crippen molar-refractivity contribution in [2.75, 3.05) is 11.9 Å². The van der Waals surface area contributed by atoms with Crippen LogP contribution in [0, 0.1) is 5.82 Å². The van der Waals surface area contributed by atoms with Crippen molar-refractivity contribution in [1.82, 2.24) is 9.97 Å². The minimum atomic E-state index is -4.66. The van der Waals surface area contributed by atoms with Crippen molar-refractivity contribution in [2.24, 2.45) is 0 Å². The maximum atomic E-state index is 13.6. The predicted octanol–water partition coefficient (Wildman–Crippen LogP) is 4.45. The van der Waals surface area contributed by atoms with Crippen molar-refractivity contribution >= 4 is 5.82 Å². The third-order valence-corrected chi connectivity index (χ3v) is 3.85. The Hall–Kier alpha value is -3.00. The highest BCUT2D eigenvalue weighted by molar-refractivity contribution is 5.63. The van der Waals surface area contributed by atoms with Gasteiger partial charge in [-0.2, -0.15) is 13.2 Å². The van der Waals surface area contributed by atoms with Crippen LogP contribution in [-0.2, 0) is 6.18 Å². The first-order valence-corrected chi connectivity index (χ1v) is 8.00. The van der Waals surface area contributed by atoms with E-state index in [1.165, 1.54) is 6.07 Å². The fourth-order valence-electron chi connectivity index (χ4n) is 2.51. The van der Waals surface area contributed by atoms with E-state index in [0.29, 0.717) is 17.4 Å². The minimum absolute atomic E-state index is 0.0172. The molecule has 0 amide bonds. The van der Waals surface area contributed by atoms with Gasteiger partial charge < -0.3 is 10.4 Å². The van der Waals surface area contributed by atoms with Gasteiger partial charge in [-0.25, -0.2) is 14.4 Å². The lowest BCUT2D eigenvalue weighted by Crippen LogP contribution is -2.13. The molecular weight excluding hydrogens is 362 g/mol. The molecule has 0 saturated carbocycles. The Morgan fingerprint density at radius 1 is 1.00 bits per heavy atom. The quantitative estimate of drug-likeness (QED) is 0.645. The summed E-state index contributed by atoms with van der Waals surface area (Å²) in [7, 11) is 0. The van der Waals surface area contributed by atoms with Crippen LogP contribution in [0.5, 0.6) is 0 Å². The van der Waals surface area contributed by atoms with Gasteiger partial charge in [0, 0.05) is 18.2 Å². The molecule has 0 fully saturated rings. The fraction of sp³-hybridized carbons (Fsp3) is 0.158. The topological polar surface area (TPSA) is 58.0 Å². The van der Waals surface area contributed by atoms with E-state index in [1.54, 1.807) is 24.3 Å². The van der Waals surface area contributed by atoms with Gasteiger partial charge in [-0.05, 0) is 23.8 Å². The fourth-order valence-corrected chi connectivity index (χ4v) is 2.51. The molecular formula is C19H15F4N3O. The number of aliphatic hydroxyl groups excluding tert-OH is 1. The molecule has 0 aliphatic heterocycles. The maximum absolute atomic E-state index is 13.6. The molecule has 27 heavy (non-hydrogen) atoms. The van der Waals surface area contributed by atoms with Gasteiger partial charge in [-0.15, -0.1) is 0 Å². The monoisotopic (exact) mass is 377 g/mol. The summed E-state index contributed by atoms with van der Waals surface area (Å²) in [6.07, 6.45) is -4.30. The smallest absolute Gasteiger partial charge is 0.387 e. The number of anilines is 1. The average Bonchev–Trinajstić information content (AvgIpc) is 2.66. The van der Waals surface area contributed by atoms with Gasteiger partial charge in [0.05, 0.1) is 17.4 Å². The maximum Gasteiger partial charge on any atom is 0.416 e. The molecule has 1 aromatic heterocycles. The van der Waals surface area contributed by atoms with Gasteiger partial charge in [-0.1, -0.05) is 30.3 Å². The molecule has 0 radical (unpaired) electrons. The summed E-state index contributed by atoms with van der Waals surface area (Å²) in [6.45, 7) is 0.136. The van der Waals surface area contributed by atoms with Crippen molar-refractivity contribution < 1.29 is 22.7 Å². The molecule has 0 unspecified atom stereocenters. The number of benzene rings is 2. The summed E-state index contributed by atoms with van der Waals surface area (Å²) in [5, 5.41) is 13.0. The molecule has 0 bridgehead atoms. The van der Waals surface area contributed by atoms with Gasteiger partial charge in [0.1, 0.15) is 18.0 Å². The molecule has 8 heteroatoms. The van der Waals surface area contributed by atoms with Gasteiger partial charge in [0.2, 0.25) is 0 Å². The summed E-state index contributed by atoms with van der Waals surface area (Å²) in [5.74, 6) is -0.708. The highest BCUT2D eigenvalue weighted by Crippen LogP contribution is 2.33. The number of hydrogen-bond acceptors (Lipinski definition) is 4. The van der Waals surface area contributed by atoms with Crippen LogP contribution in [0.15, 0.2) is 60.9 Å². The summed E-state index contributed by atoms with van der Waals surface area (Å²) >= 11 is 0. The number of nitrogens with one attached hydrogen (secondary N) is 1. The third-order valence-electron chi connectivity index (χ3n) is 3.85. The van der Waals surface area contributed by atoms with Gasteiger partial charge in [-0.3, -0.25) is 0 Å². The molecule has 2 aromatic carbocycles. The Bertz CT molecular complexity index is 916. The van der Waals surface area contributed by atoms with Crippen LogP contribution in [0.2, 0.25) is 0 Å². The molecule has 0 saturated heterocycles. The zero-order chi connectivity index (χ0) is 19.4. The summed E-state index contributed by atoms with van der Waals surface area (Å²) in [5.41, 5.74) is -0.271. The van der Waals surface area contributed by atoms with Crippen LogP contribution in [-0.4, -0.2) is 21.6 Å². The van der Waals surface area contributed by atoms with E-state index in [2.05, 4.69) is 15.3 Å². The van der Waals surface area contributed by atoms with E-state index in [0.717, 1.165) is 18.5 Å². The molecule has 0 aliphatic rings. The van der Waals surface area contributed by atoms with Crippen LogP contribution < -0.4 is 5.32 Å². The second-order valence-corrected chi connectivity index (χ2v) is 5.82. The molecule has 0 spiro atoms. The van der Waals surface area contributed by atoms with Crippen molar-refractivity contribution in [2.45, 2.75) is 12.3 Å². The number of hydrogen-bond donors (Lipinski definition) is 2. The first-order chi connectivity index (χ1) is 12.8. The Morgan fingerprint density at radius 3 is 2.44 bits per heavy atom. The second-order valence-electron chi connectivity index (χ2n) is 5.82. The first-order valence-electron chi connectivity index (χ1n) is 8.00. The Labute approximate surface area is 152 Å². The highest BCUT2D eigenvalue weighted by atomic mass is 19.4. The van der Waals surface area contributed by atoms with Crippen molar-refractivity contribution in [3.8, 4) is 11.3 Å². The van der Waals surface area contributed by atoms with Crippen molar-refractivity contribution in [1.29, 1.82) is 0 Å². The van der Waals surface area contributed by atoms with Gasteiger partial charge in [0.15, 0.2) is 0 Å². The zero-order valence-electron chi connectivity index (χ0n) is 13.9. The van der Waals surface area contributed by atoms with Crippen LogP contribution >= 0.6 is 0 Å². The lowest BCUT2D eigenvalue weighted by atomic mass is 10.1. The molecule has 3 aromatic rings. The summed E-state index contributed by atoms with van der Waals surface area (Å²) in [4.78, 5) is 7.89. The molecule has 1 heterocycles. The Morgan fingerprint density at radius 2 is 1.74 bits per heavy atom. The molecule has 4 nitrogen and oxygen atoms in total.